The Morgan fingerprint density at radius 2 is 1.76 bits per heavy atom. The molecule has 0 radical (unpaired) electrons. The van der Waals surface area contributed by atoms with Gasteiger partial charge >= 0.3 is 0 Å². The van der Waals surface area contributed by atoms with Crippen LogP contribution in [0, 0.1) is 19.7 Å². The van der Waals surface area contributed by atoms with Crippen LogP contribution in [0.2, 0.25) is 0 Å². The highest BCUT2D eigenvalue weighted by molar-refractivity contribution is 5.47. The van der Waals surface area contributed by atoms with Crippen LogP contribution in [-0.2, 0) is 0 Å². The zero-order valence-corrected chi connectivity index (χ0v) is 12.0. The molecule has 4 heteroatoms. The maximum absolute atomic E-state index is 14.2. The van der Waals surface area contributed by atoms with Crippen molar-refractivity contribution in [2.75, 3.05) is 13.2 Å². The van der Waals surface area contributed by atoms with Gasteiger partial charge in [-0.3, -0.25) is 0 Å². The Morgan fingerprint density at radius 3 is 2.48 bits per heavy atom. The third-order valence-electron chi connectivity index (χ3n) is 3.64. The lowest BCUT2D eigenvalue weighted by Gasteiger charge is -2.21. The molecule has 0 aromatic heterocycles. The van der Waals surface area contributed by atoms with Crippen LogP contribution < -0.4 is 9.47 Å². The maximum atomic E-state index is 14.2. The van der Waals surface area contributed by atoms with E-state index in [2.05, 4.69) is 0 Å². The molecular formula is C17H17FO3. The van der Waals surface area contributed by atoms with Crippen molar-refractivity contribution >= 4 is 0 Å². The summed E-state index contributed by atoms with van der Waals surface area (Å²) in [4.78, 5) is 0. The molecule has 1 aliphatic rings. The Hall–Kier alpha value is -2.07. The second-order valence-corrected chi connectivity index (χ2v) is 5.28. The van der Waals surface area contributed by atoms with Gasteiger partial charge < -0.3 is 14.6 Å². The smallest absolute Gasteiger partial charge is 0.161 e. The third kappa shape index (κ3) is 2.59. The van der Waals surface area contributed by atoms with E-state index in [1.165, 1.54) is 6.07 Å². The summed E-state index contributed by atoms with van der Waals surface area (Å²) in [5, 5.41) is 10.5. The van der Waals surface area contributed by atoms with E-state index in [0.717, 1.165) is 11.1 Å². The molecule has 0 saturated heterocycles. The first-order valence-corrected chi connectivity index (χ1v) is 6.90. The Labute approximate surface area is 122 Å². The van der Waals surface area contributed by atoms with Crippen molar-refractivity contribution in [3.05, 3.63) is 58.4 Å². The summed E-state index contributed by atoms with van der Waals surface area (Å²) in [6.45, 7) is 4.62. The fourth-order valence-corrected chi connectivity index (χ4v) is 2.67. The van der Waals surface area contributed by atoms with Crippen LogP contribution in [-0.4, -0.2) is 18.3 Å². The quantitative estimate of drug-likeness (QED) is 0.921. The highest BCUT2D eigenvalue weighted by Crippen LogP contribution is 2.35. The van der Waals surface area contributed by atoms with E-state index < -0.39 is 11.9 Å². The fraction of sp³-hybridized carbons (Fsp3) is 0.294. The zero-order valence-electron chi connectivity index (χ0n) is 12.0. The Kier molecular flexibility index (Phi) is 3.55. The first kappa shape index (κ1) is 13.9. The summed E-state index contributed by atoms with van der Waals surface area (Å²) < 4.78 is 25.1. The molecule has 110 valence electrons. The van der Waals surface area contributed by atoms with E-state index in [1.54, 1.807) is 25.1 Å². The molecule has 0 spiro atoms. The second-order valence-electron chi connectivity index (χ2n) is 5.28. The van der Waals surface area contributed by atoms with E-state index in [4.69, 9.17) is 9.47 Å². The summed E-state index contributed by atoms with van der Waals surface area (Å²) in [6, 6.07) is 8.48. The number of ether oxygens (including phenoxy) is 2. The largest absolute Gasteiger partial charge is 0.486 e. The average molecular weight is 288 g/mol. The van der Waals surface area contributed by atoms with E-state index in [1.807, 2.05) is 13.0 Å². The van der Waals surface area contributed by atoms with Crippen molar-refractivity contribution in [3.8, 4) is 11.5 Å². The van der Waals surface area contributed by atoms with Gasteiger partial charge in [0.2, 0.25) is 0 Å². The van der Waals surface area contributed by atoms with Gasteiger partial charge in [0.05, 0.1) is 0 Å². The molecule has 3 rings (SSSR count). The van der Waals surface area contributed by atoms with Gasteiger partial charge in [-0.05, 0) is 48.7 Å². The Balaban J connectivity index is 2.01. The average Bonchev–Trinajstić information content (AvgIpc) is 2.45. The number of rotatable bonds is 2. The predicted octanol–water partition coefficient (Wildman–Crippen LogP) is 3.30. The van der Waals surface area contributed by atoms with E-state index in [-0.39, 0.29) is 0 Å². The molecule has 0 bridgehead atoms. The number of halogens is 1. The minimum absolute atomic E-state index is 0.303. The van der Waals surface area contributed by atoms with Crippen molar-refractivity contribution in [2.24, 2.45) is 0 Å². The van der Waals surface area contributed by atoms with Gasteiger partial charge in [-0.2, -0.15) is 0 Å². The van der Waals surface area contributed by atoms with Crippen molar-refractivity contribution in [1.29, 1.82) is 0 Å². The third-order valence-corrected chi connectivity index (χ3v) is 3.64. The second kappa shape index (κ2) is 5.37. The highest BCUT2D eigenvalue weighted by Gasteiger charge is 2.20. The molecule has 0 amide bonds. The lowest BCUT2D eigenvalue weighted by Crippen LogP contribution is -2.16. The number of aliphatic hydroxyl groups is 1. The van der Waals surface area contributed by atoms with Gasteiger partial charge in [-0.15, -0.1) is 0 Å². The molecule has 1 unspecified atom stereocenters. The monoisotopic (exact) mass is 288 g/mol. The Morgan fingerprint density at radius 1 is 1.05 bits per heavy atom. The standard InChI is InChI=1S/C17H17FO3/c1-10-7-11(2)16(13(18)8-10)17(19)12-3-4-14-15(9-12)21-6-5-20-14/h3-4,7-9,17,19H,5-6H2,1-2H3. The van der Waals surface area contributed by atoms with Crippen LogP contribution in [0.3, 0.4) is 0 Å². The number of benzene rings is 2. The van der Waals surface area contributed by atoms with Gasteiger partial charge in [0.25, 0.3) is 0 Å². The summed E-state index contributed by atoms with van der Waals surface area (Å²) in [5.74, 6) is 0.844. The van der Waals surface area contributed by atoms with Crippen molar-refractivity contribution in [3.63, 3.8) is 0 Å². The van der Waals surface area contributed by atoms with Crippen LogP contribution in [0.25, 0.3) is 0 Å². The highest BCUT2D eigenvalue weighted by atomic mass is 19.1. The van der Waals surface area contributed by atoms with E-state index in [0.29, 0.717) is 35.8 Å². The molecule has 1 N–H and O–H groups in total. The number of hydrogen-bond acceptors (Lipinski definition) is 3. The first-order chi connectivity index (χ1) is 10.1. The number of aryl methyl sites for hydroxylation is 2. The molecule has 0 aliphatic carbocycles. The number of aliphatic hydroxyl groups excluding tert-OH is 1. The van der Waals surface area contributed by atoms with Crippen LogP contribution >= 0.6 is 0 Å². The SMILES string of the molecule is Cc1cc(C)c(C(O)c2ccc3c(c2)OCCO3)c(F)c1. The molecular weight excluding hydrogens is 271 g/mol. The van der Waals surface area contributed by atoms with Crippen molar-refractivity contribution in [2.45, 2.75) is 20.0 Å². The van der Waals surface area contributed by atoms with Gasteiger partial charge in [0.1, 0.15) is 25.1 Å². The molecule has 1 atom stereocenters. The van der Waals surface area contributed by atoms with Gasteiger partial charge in [0.15, 0.2) is 11.5 Å². The minimum Gasteiger partial charge on any atom is -0.486 e. The molecule has 1 heterocycles. The maximum Gasteiger partial charge on any atom is 0.161 e. The summed E-state index contributed by atoms with van der Waals surface area (Å²) in [7, 11) is 0. The van der Waals surface area contributed by atoms with Crippen molar-refractivity contribution < 1.29 is 19.0 Å². The van der Waals surface area contributed by atoms with E-state index in [9.17, 15) is 9.50 Å². The minimum atomic E-state index is -1.03. The van der Waals surface area contributed by atoms with Crippen LogP contribution in [0.15, 0.2) is 30.3 Å². The van der Waals surface area contributed by atoms with Gasteiger partial charge in [-0.25, -0.2) is 4.39 Å². The molecule has 1 aliphatic heterocycles. The molecule has 0 fully saturated rings. The predicted molar refractivity (Wildman–Crippen MR) is 77.4 cm³/mol. The van der Waals surface area contributed by atoms with Crippen LogP contribution in [0.1, 0.15) is 28.4 Å². The van der Waals surface area contributed by atoms with E-state index >= 15 is 0 Å². The molecule has 2 aromatic carbocycles. The summed E-state index contributed by atoms with van der Waals surface area (Å²) in [6.07, 6.45) is -1.03. The van der Waals surface area contributed by atoms with Crippen LogP contribution in [0.4, 0.5) is 4.39 Å². The van der Waals surface area contributed by atoms with Crippen LogP contribution in [0.5, 0.6) is 11.5 Å². The first-order valence-electron chi connectivity index (χ1n) is 6.90. The topological polar surface area (TPSA) is 38.7 Å². The lowest BCUT2D eigenvalue weighted by atomic mass is 9.95. The van der Waals surface area contributed by atoms with Crippen molar-refractivity contribution in [1.82, 2.24) is 0 Å². The fourth-order valence-electron chi connectivity index (χ4n) is 2.67. The van der Waals surface area contributed by atoms with Gasteiger partial charge in [-0.1, -0.05) is 12.1 Å². The molecule has 2 aromatic rings. The molecule has 21 heavy (non-hydrogen) atoms. The number of hydrogen-bond donors (Lipinski definition) is 1. The summed E-state index contributed by atoms with van der Waals surface area (Å²) >= 11 is 0. The Bertz CT molecular complexity index is 659. The summed E-state index contributed by atoms with van der Waals surface area (Å²) in [5.41, 5.74) is 2.46. The normalized spacial score (nSPS) is 14.9. The lowest BCUT2D eigenvalue weighted by molar-refractivity contribution is 0.169. The zero-order chi connectivity index (χ0) is 15.0. The molecule has 0 saturated carbocycles. The van der Waals surface area contributed by atoms with Gasteiger partial charge in [0, 0.05) is 5.56 Å². The number of fused-ring (bicyclic) bond motifs is 1. The molecule has 3 nitrogen and oxygen atoms in total.